The van der Waals surface area contributed by atoms with Crippen molar-refractivity contribution in [3.05, 3.63) is 35.5 Å². The van der Waals surface area contributed by atoms with Gasteiger partial charge in [0.15, 0.2) is 5.79 Å². The van der Waals surface area contributed by atoms with Gasteiger partial charge in [0.25, 0.3) is 0 Å². The summed E-state index contributed by atoms with van der Waals surface area (Å²) < 4.78 is 12.3. The molecule has 3 aliphatic carbocycles. The normalized spacial score (nSPS) is 44.5. The molecule has 0 spiro atoms. The van der Waals surface area contributed by atoms with Gasteiger partial charge < -0.3 is 9.47 Å². The quantitative estimate of drug-likeness (QED) is 0.728. The zero-order valence-electron chi connectivity index (χ0n) is 14.9. The summed E-state index contributed by atoms with van der Waals surface area (Å²) in [5.74, 6) is 2.42. The van der Waals surface area contributed by atoms with E-state index in [-0.39, 0.29) is 0 Å². The van der Waals surface area contributed by atoms with Crippen LogP contribution in [0.2, 0.25) is 0 Å². The van der Waals surface area contributed by atoms with E-state index in [9.17, 15) is 0 Å². The van der Waals surface area contributed by atoms with Crippen molar-refractivity contribution in [3.63, 3.8) is 0 Å². The number of allylic oxidation sites excluding steroid dienone is 6. The SMILES string of the molecule is CC[C@H]1C(/C=C/C2=CC[C@@H]3[C@H]4OC(C)(C)O[C@H]4C[C@H]23)=CC[C@H]1C. The topological polar surface area (TPSA) is 18.5 Å². The second-order valence-corrected chi connectivity index (χ2v) is 8.35. The summed E-state index contributed by atoms with van der Waals surface area (Å²) in [4.78, 5) is 0. The molecule has 1 saturated heterocycles. The maximum Gasteiger partial charge on any atom is 0.163 e. The highest BCUT2D eigenvalue weighted by atomic mass is 16.8. The molecular weight excluding hydrogens is 284 g/mol. The molecule has 2 nitrogen and oxygen atoms in total. The van der Waals surface area contributed by atoms with Crippen molar-refractivity contribution < 1.29 is 9.47 Å². The van der Waals surface area contributed by atoms with Crippen LogP contribution in [0.3, 0.4) is 0 Å². The van der Waals surface area contributed by atoms with E-state index in [4.69, 9.17) is 9.47 Å². The molecule has 0 aromatic heterocycles. The Balaban J connectivity index is 1.44. The fraction of sp³-hybridized carbons (Fsp3) is 0.714. The number of fused-ring (bicyclic) bond motifs is 3. The van der Waals surface area contributed by atoms with E-state index in [0.29, 0.717) is 24.0 Å². The molecule has 0 amide bonds. The van der Waals surface area contributed by atoms with Crippen LogP contribution in [0.25, 0.3) is 0 Å². The summed E-state index contributed by atoms with van der Waals surface area (Å²) >= 11 is 0. The summed E-state index contributed by atoms with van der Waals surface area (Å²) in [5, 5.41) is 0. The van der Waals surface area contributed by atoms with E-state index in [0.717, 1.165) is 24.7 Å². The van der Waals surface area contributed by atoms with Gasteiger partial charge in [-0.15, -0.1) is 0 Å². The third kappa shape index (κ3) is 2.64. The lowest BCUT2D eigenvalue weighted by atomic mass is 9.89. The lowest BCUT2D eigenvalue weighted by molar-refractivity contribution is -0.158. The second-order valence-electron chi connectivity index (χ2n) is 8.35. The molecule has 2 fully saturated rings. The molecule has 6 atom stereocenters. The zero-order valence-corrected chi connectivity index (χ0v) is 14.9. The average molecular weight is 314 g/mol. The van der Waals surface area contributed by atoms with Crippen molar-refractivity contribution in [3.8, 4) is 0 Å². The van der Waals surface area contributed by atoms with Crippen molar-refractivity contribution in [2.45, 2.75) is 71.4 Å². The maximum absolute atomic E-state index is 6.17. The van der Waals surface area contributed by atoms with Crippen LogP contribution in [0.1, 0.15) is 53.4 Å². The Hall–Kier alpha value is -0.860. The fourth-order valence-electron chi connectivity index (χ4n) is 5.35. The van der Waals surface area contributed by atoms with Crippen molar-refractivity contribution in [1.29, 1.82) is 0 Å². The van der Waals surface area contributed by atoms with Gasteiger partial charge in [0.05, 0.1) is 12.2 Å². The van der Waals surface area contributed by atoms with Crippen LogP contribution in [0.15, 0.2) is 35.5 Å². The van der Waals surface area contributed by atoms with Crippen LogP contribution in [0.5, 0.6) is 0 Å². The number of hydrogen-bond acceptors (Lipinski definition) is 2. The van der Waals surface area contributed by atoms with Gasteiger partial charge in [-0.25, -0.2) is 0 Å². The number of rotatable bonds is 3. The van der Waals surface area contributed by atoms with E-state index < -0.39 is 5.79 Å². The first kappa shape index (κ1) is 15.7. The summed E-state index contributed by atoms with van der Waals surface area (Å²) in [5.41, 5.74) is 3.07. The van der Waals surface area contributed by atoms with Gasteiger partial charge in [-0.1, -0.05) is 38.2 Å². The minimum absolute atomic E-state index is 0.297. The molecule has 1 heterocycles. The van der Waals surface area contributed by atoms with Crippen molar-refractivity contribution in [2.24, 2.45) is 23.7 Å². The second kappa shape index (κ2) is 5.60. The highest BCUT2D eigenvalue weighted by Gasteiger charge is 2.54. The number of hydrogen-bond donors (Lipinski definition) is 0. The zero-order chi connectivity index (χ0) is 16.2. The molecule has 4 aliphatic rings. The molecule has 23 heavy (non-hydrogen) atoms. The molecule has 1 aliphatic heterocycles. The predicted molar refractivity (Wildman–Crippen MR) is 92.9 cm³/mol. The Labute approximate surface area is 140 Å². The molecule has 2 heteroatoms. The Bertz CT molecular complexity index is 568. The predicted octanol–water partition coefficient (Wildman–Crippen LogP) is 5.02. The molecule has 0 bridgehead atoms. The van der Waals surface area contributed by atoms with Gasteiger partial charge in [-0.05, 0) is 74.3 Å². The van der Waals surface area contributed by atoms with E-state index in [1.54, 1.807) is 5.57 Å². The highest BCUT2D eigenvalue weighted by Crippen LogP contribution is 2.52. The van der Waals surface area contributed by atoms with Crippen LogP contribution in [-0.2, 0) is 9.47 Å². The van der Waals surface area contributed by atoms with Crippen LogP contribution in [0, 0.1) is 23.7 Å². The molecule has 126 valence electrons. The van der Waals surface area contributed by atoms with E-state index in [1.165, 1.54) is 18.4 Å². The molecule has 0 unspecified atom stereocenters. The summed E-state index contributed by atoms with van der Waals surface area (Å²) in [7, 11) is 0. The first-order valence-corrected chi connectivity index (χ1v) is 9.42. The lowest BCUT2D eigenvalue weighted by Crippen LogP contribution is -2.26. The van der Waals surface area contributed by atoms with E-state index >= 15 is 0 Å². The molecule has 0 aromatic carbocycles. The van der Waals surface area contributed by atoms with Gasteiger partial charge in [0, 0.05) is 0 Å². The monoisotopic (exact) mass is 314 g/mol. The molecule has 0 aromatic rings. The highest BCUT2D eigenvalue weighted by molar-refractivity contribution is 5.36. The Morgan fingerprint density at radius 2 is 1.87 bits per heavy atom. The Morgan fingerprint density at radius 3 is 2.65 bits per heavy atom. The molecular formula is C21H30O2. The minimum Gasteiger partial charge on any atom is -0.345 e. The fourth-order valence-corrected chi connectivity index (χ4v) is 5.35. The van der Waals surface area contributed by atoms with Gasteiger partial charge >= 0.3 is 0 Å². The minimum atomic E-state index is -0.391. The number of ether oxygens (including phenoxy) is 2. The Kier molecular flexibility index (Phi) is 3.81. The van der Waals surface area contributed by atoms with Gasteiger partial charge in [-0.3, -0.25) is 0 Å². The van der Waals surface area contributed by atoms with E-state index in [2.05, 4.69) is 38.2 Å². The summed E-state index contributed by atoms with van der Waals surface area (Å²) in [6.07, 6.45) is 15.0. The van der Waals surface area contributed by atoms with Crippen molar-refractivity contribution in [1.82, 2.24) is 0 Å². The summed E-state index contributed by atoms with van der Waals surface area (Å²) in [6.45, 7) is 8.78. The smallest absolute Gasteiger partial charge is 0.163 e. The van der Waals surface area contributed by atoms with Gasteiger partial charge in [-0.2, -0.15) is 0 Å². The van der Waals surface area contributed by atoms with Crippen molar-refractivity contribution in [2.75, 3.05) is 0 Å². The first-order valence-electron chi connectivity index (χ1n) is 9.42. The first-order chi connectivity index (χ1) is 11.0. The molecule has 0 N–H and O–H groups in total. The van der Waals surface area contributed by atoms with Gasteiger partial charge in [0.1, 0.15) is 0 Å². The molecule has 4 rings (SSSR count). The van der Waals surface area contributed by atoms with Gasteiger partial charge in [0.2, 0.25) is 0 Å². The molecule has 0 radical (unpaired) electrons. The molecule has 1 saturated carbocycles. The summed E-state index contributed by atoms with van der Waals surface area (Å²) in [6, 6.07) is 0. The van der Waals surface area contributed by atoms with Crippen LogP contribution in [0.4, 0.5) is 0 Å². The average Bonchev–Trinajstić information content (AvgIpc) is 3.18. The largest absolute Gasteiger partial charge is 0.345 e. The lowest BCUT2D eigenvalue weighted by Gasteiger charge is -2.23. The van der Waals surface area contributed by atoms with E-state index in [1.807, 2.05) is 13.8 Å². The third-order valence-corrected chi connectivity index (χ3v) is 6.45. The third-order valence-electron chi connectivity index (χ3n) is 6.45. The maximum atomic E-state index is 6.17. The van der Waals surface area contributed by atoms with Crippen LogP contribution >= 0.6 is 0 Å². The Morgan fingerprint density at radius 1 is 1.13 bits per heavy atom. The van der Waals surface area contributed by atoms with Crippen LogP contribution in [-0.4, -0.2) is 18.0 Å². The van der Waals surface area contributed by atoms with Crippen molar-refractivity contribution >= 4 is 0 Å². The standard InChI is InChI=1S/C21H30O2/c1-5-16-13(2)6-7-14(16)8-9-15-10-11-17-18(15)12-19-20(17)23-21(3,4)22-19/h7-10,13,16-20H,5-6,11-12H2,1-4H3/b9-8+/t13-,16-,17+,18-,19+,20-/m1/s1. The van der Waals surface area contributed by atoms with Crippen LogP contribution < -0.4 is 0 Å².